The van der Waals surface area contributed by atoms with Gasteiger partial charge in [0.05, 0.1) is 0 Å². The van der Waals surface area contributed by atoms with Crippen molar-refractivity contribution in [2.24, 2.45) is 0 Å². The fraction of sp³-hybridized carbons (Fsp3) is 0. The van der Waals surface area contributed by atoms with Crippen molar-refractivity contribution in [3.63, 3.8) is 0 Å². The lowest BCUT2D eigenvalue weighted by Gasteiger charge is -2.18. The molecule has 0 aliphatic rings. The average Bonchev–Trinajstić information content (AvgIpc) is 3.84. The van der Waals surface area contributed by atoms with Gasteiger partial charge in [0, 0.05) is 43.6 Å². The van der Waals surface area contributed by atoms with E-state index in [1.807, 2.05) is 30.3 Å². The van der Waals surface area contributed by atoms with Crippen LogP contribution in [-0.2, 0) is 0 Å². The molecule has 0 spiro atoms. The molecule has 0 atom stereocenters. The van der Waals surface area contributed by atoms with Crippen LogP contribution in [0, 0.1) is 0 Å². The first-order chi connectivity index (χ1) is 24.3. The van der Waals surface area contributed by atoms with Crippen LogP contribution in [-0.4, -0.2) is 0 Å². The Morgan fingerprint density at radius 2 is 0.714 bits per heavy atom. The molecule has 0 saturated heterocycles. The normalized spacial score (nSPS) is 12.1. The summed E-state index contributed by atoms with van der Waals surface area (Å²) in [4.78, 5) is 0. The molecule has 8 aromatic carbocycles. The maximum absolute atomic E-state index is 6.91. The molecule has 0 aliphatic heterocycles. The average molecular weight is 627 g/mol. The van der Waals surface area contributed by atoms with Crippen molar-refractivity contribution < 1.29 is 13.3 Å². The van der Waals surface area contributed by atoms with E-state index in [4.69, 9.17) is 13.3 Å². The lowest BCUT2D eigenvalue weighted by atomic mass is 9.84. The van der Waals surface area contributed by atoms with Gasteiger partial charge in [-0.25, -0.2) is 0 Å². The highest BCUT2D eigenvalue weighted by Crippen LogP contribution is 2.50. The summed E-state index contributed by atoms with van der Waals surface area (Å²) in [6.45, 7) is 0. The topological polar surface area (TPSA) is 39.4 Å². The first kappa shape index (κ1) is 26.5. The van der Waals surface area contributed by atoms with Gasteiger partial charge in [0.25, 0.3) is 0 Å². The van der Waals surface area contributed by atoms with Gasteiger partial charge in [-0.05, 0) is 69.1 Å². The van der Waals surface area contributed by atoms with Gasteiger partial charge >= 0.3 is 0 Å². The largest absolute Gasteiger partial charge is 0.456 e. The van der Waals surface area contributed by atoms with Crippen molar-refractivity contribution in [3.05, 3.63) is 158 Å². The second-order valence-corrected chi connectivity index (χ2v) is 12.8. The van der Waals surface area contributed by atoms with Crippen molar-refractivity contribution in [1.82, 2.24) is 0 Å². The predicted molar refractivity (Wildman–Crippen MR) is 202 cm³/mol. The zero-order valence-electron chi connectivity index (χ0n) is 26.2. The molecule has 3 heterocycles. The van der Waals surface area contributed by atoms with Crippen LogP contribution in [0.15, 0.2) is 171 Å². The summed E-state index contributed by atoms with van der Waals surface area (Å²) >= 11 is 0. The summed E-state index contributed by atoms with van der Waals surface area (Å²) in [5, 5.41) is 10.1. The zero-order valence-corrected chi connectivity index (χ0v) is 26.2. The van der Waals surface area contributed by atoms with E-state index in [1.54, 1.807) is 0 Å². The highest BCUT2D eigenvalue weighted by atomic mass is 16.3. The molecule has 0 amide bonds. The summed E-state index contributed by atoms with van der Waals surface area (Å²) in [6.07, 6.45) is 0. The summed E-state index contributed by atoms with van der Waals surface area (Å²) in [6, 6.07) is 55.4. The SMILES string of the molecule is c1ccc(-c2oc3cc4c(cc3c2-c2c3ccccc3c(-c3ccc5oc6ccccc6c5c3)c3ccccc23)oc2ccccc24)cc1. The highest BCUT2D eigenvalue weighted by Gasteiger charge is 2.25. The molecule has 0 aliphatic carbocycles. The molecule has 228 valence electrons. The predicted octanol–water partition coefficient (Wildman–Crippen LogP) is 13.5. The second kappa shape index (κ2) is 9.96. The standard InChI is InChI=1S/C46H26O3/c1-2-12-27(13-3-1)46-45(37-26-41-36(25-42(37)49-46)30-15-9-11-21-39(30)48-41)44-33-18-6-4-16-31(33)43(32-17-5-7-19-34(32)44)28-22-23-40-35(24-28)29-14-8-10-20-38(29)47-40/h1-26H. The number of hydrogen-bond donors (Lipinski definition) is 0. The lowest BCUT2D eigenvalue weighted by Crippen LogP contribution is -1.91. The first-order valence-corrected chi connectivity index (χ1v) is 16.6. The summed E-state index contributed by atoms with van der Waals surface area (Å²) in [7, 11) is 0. The number of hydrogen-bond acceptors (Lipinski definition) is 3. The van der Waals surface area contributed by atoms with Gasteiger partial charge in [-0.3, -0.25) is 0 Å². The van der Waals surface area contributed by atoms with Crippen LogP contribution in [0.4, 0.5) is 0 Å². The van der Waals surface area contributed by atoms with E-state index in [0.29, 0.717) is 0 Å². The van der Waals surface area contributed by atoms with Crippen LogP contribution in [0.3, 0.4) is 0 Å². The molecule has 11 aromatic rings. The van der Waals surface area contributed by atoms with Gasteiger partial charge < -0.3 is 13.3 Å². The molecular weight excluding hydrogens is 601 g/mol. The van der Waals surface area contributed by atoms with Gasteiger partial charge in [0.1, 0.15) is 33.7 Å². The van der Waals surface area contributed by atoms with E-state index < -0.39 is 0 Å². The highest BCUT2D eigenvalue weighted by molar-refractivity contribution is 6.26. The van der Waals surface area contributed by atoms with Crippen LogP contribution in [0.5, 0.6) is 0 Å². The third kappa shape index (κ3) is 3.78. The van der Waals surface area contributed by atoms with Gasteiger partial charge in [0.15, 0.2) is 0 Å². The van der Waals surface area contributed by atoms with Crippen molar-refractivity contribution in [2.45, 2.75) is 0 Å². The molecular formula is C46H26O3. The van der Waals surface area contributed by atoms with Gasteiger partial charge in [-0.2, -0.15) is 0 Å². The van der Waals surface area contributed by atoms with Crippen LogP contribution in [0.2, 0.25) is 0 Å². The Labute approximate surface area is 280 Å². The Bertz CT molecular complexity index is 3040. The van der Waals surface area contributed by atoms with Crippen molar-refractivity contribution in [2.75, 3.05) is 0 Å². The maximum atomic E-state index is 6.91. The quantitative estimate of drug-likeness (QED) is 0.183. The van der Waals surface area contributed by atoms with E-state index in [9.17, 15) is 0 Å². The van der Waals surface area contributed by atoms with Gasteiger partial charge in [-0.1, -0.05) is 121 Å². The maximum Gasteiger partial charge on any atom is 0.143 e. The second-order valence-electron chi connectivity index (χ2n) is 12.8. The number of furan rings is 3. The summed E-state index contributed by atoms with van der Waals surface area (Å²) < 4.78 is 19.5. The van der Waals surface area contributed by atoms with Gasteiger partial charge in [0.2, 0.25) is 0 Å². The lowest BCUT2D eigenvalue weighted by molar-refractivity contribution is 0.632. The van der Waals surface area contributed by atoms with Crippen LogP contribution < -0.4 is 0 Å². The van der Waals surface area contributed by atoms with Gasteiger partial charge in [-0.15, -0.1) is 0 Å². The van der Waals surface area contributed by atoms with E-state index in [0.717, 1.165) is 93.6 Å². The fourth-order valence-electron chi connectivity index (χ4n) is 7.95. The summed E-state index contributed by atoms with van der Waals surface area (Å²) in [5.41, 5.74) is 9.96. The van der Waals surface area contributed by atoms with Crippen molar-refractivity contribution in [3.8, 4) is 33.6 Å². The molecule has 49 heavy (non-hydrogen) atoms. The minimum Gasteiger partial charge on any atom is -0.456 e. The molecule has 0 unspecified atom stereocenters. The molecule has 0 fully saturated rings. The minimum absolute atomic E-state index is 0.836. The summed E-state index contributed by atoms with van der Waals surface area (Å²) in [5.74, 6) is 0.849. The minimum atomic E-state index is 0.836. The molecule has 0 radical (unpaired) electrons. The smallest absolute Gasteiger partial charge is 0.143 e. The molecule has 3 heteroatoms. The van der Waals surface area contributed by atoms with Crippen LogP contribution in [0.1, 0.15) is 0 Å². The monoisotopic (exact) mass is 626 g/mol. The number of fused-ring (bicyclic) bond motifs is 9. The fourth-order valence-corrected chi connectivity index (χ4v) is 7.95. The Balaban J connectivity index is 1.28. The van der Waals surface area contributed by atoms with E-state index >= 15 is 0 Å². The van der Waals surface area contributed by atoms with Crippen LogP contribution >= 0.6 is 0 Å². The van der Waals surface area contributed by atoms with Crippen LogP contribution in [0.25, 0.3) is 110 Å². The Hall–Kier alpha value is -6.58. The third-order valence-electron chi connectivity index (χ3n) is 10.1. The number of rotatable bonds is 3. The molecule has 0 bridgehead atoms. The Morgan fingerprint density at radius 3 is 1.37 bits per heavy atom. The van der Waals surface area contributed by atoms with E-state index in [-0.39, 0.29) is 0 Å². The molecule has 3 aromatic heterocycles. The molecule has 0 N–H and O–H groups in total. The molecule has 3 nitrogen and oxygen atoms in total. The third-order valence-corrected chi connectivity index (χ3v) is 10.1. The van der Waals surface area contributed by atoms with Crippen molar-refractivity contribution >= 4 is 76.4 Å². The number of benzene rings is 8. The Kier molecular flexibility index (Phi) is 5.38. The van der Waals surface area contributed by atoms with Crippen molar-refractivity contribution in [1.29, 1.82) is 0 Å². The van der Waals surface area contributed by atoms with E-state index in [1.165, 1.54) is 16.3 Å². The van der Waals surface area contributed by atoms with E-state index in [2.05, 4.69) is 127 Å². The first-order valence-electron chi connectivity index (χ1n) is 16.6. The number of para-hydroxylation sites is 2. The molecule has 11 rings (SSSR count). The molecule has 0 saturated carbocycles. The zero-order chi connectivity index (χ0) is 32.1. The Morgan fingerprint density at radius 1 is 0.245 bits per heavy atom.